The number of fused-ring (bicyclic) bond motifs is 2. The summed E-state index contributed by atoms with van der Waals surface area (Å²) in [6.07, 6.45) is 0.114. The van der Waals surface area contributed by atoms with Crippen molar-refractivity contribution in [3.63, 3.8) is 0 Å². The summed E-state index contributed by atoms with van der Waals surface area (Å²) in [7, 11) is -5.65. The monoisotopic (exact) mass is 368 g/mol. The molecule has 0 radical (unpaired) electrons. The number of hydrogen-bond acceptors (Lipinski definition) is 4. The molecule has 2 aliphatic rings. The predicted octanol–water partition coefficient (Wildman–Crippen LogP) is 3.29. The first-order valence-corrected chi connectivity index (χ1v) is 8.79. The topological polar surface area (TPSA) is 52.6 Å². The molecule has 1 saturated heterocycles. The Morgan fingerprint density at radius 3 is 2.25 bits per heavy atom. The second kappa shape index (κ2) is 5.15. The second-order valence-corrected chi connectivity index (χ2v) is 8.75. The van der Waals surface area contributed by atoms with E-state index in [-0.39, 0.29) is 42.6 Å². The van der Waals surface area contributed by atoms with E-state index in [4.69, 9.17) is 9.47 Å². The molecular weight excluding hydrogens is 352 g/mol. The van der Waals surface area contributed by atoms with Crippen molar-refractivity contribution < 1.29 is 35.5 Å². The maximum Gasteiger partial charge on any atom is 0.501 e. The smallest absolute Gasteiger partial charge is 0.345 e. The van der Waals surface area contributed by atoms with E-state index in [1.165, 1.54) is 0 Å². The van der Waals surface area contributed by atoms with Gasteiger partial charge in [0, 0.05) is 17.4 Å². The maximum atomic E-state index is 14.1. The lowest BCUT2D eigenvalue weighted by Gasteiger charge is -2.42. The van der Waals surface area contributed by atoms with Crippen molar-refractivity contribution in [3.8, 4) is 0 Å². The quantitative estimate of drug-likeness (QED) is 0.564. The minimum absolute atomic E-state index is 0.0445. The fourth-order valence-corrected chi connectivity index (χ4v) is 4.07. The zero-order chi connectivity index (χ0) is 18.0. The molecule has 3 rings (SSSR count). The van der Waals surface area contributed by atoms with Crippen LogP contribution >= 0.6 is 0 Å². The van der Waals surface area contributed by atoms with Crippen LogP contribution in [0.4, 0.5) is 17.6 Å². The molecule has 0 atom stereocenters. The van der Waals surface area contributed by atoms with Crippen LogP contribution < -0.4 is 0 Å². The standard InChI is InChI=1S/C15H16F4O4S/c1-13(2)7-22-14(23-8-13)6-5-9-10(16)3-4-11(12(9)14)24(20,21)15(17,18)19/h3-4H,5-8H2,1-2H3. The normalized spacial score (nSPS) is 22.6. The van der Waals surface area contributed by atoms with Crippen LogP contribution in [0.2, 0.25) is 0 Å². The van der Waals surface area contributed by atoms with Gasteiger partial charge in [0.15, 0.2) is 5.79 Å². The molecule has 1 aliphatic carbocycles. The van der Waals surface area contributed by atoms with Gasteiger partial charge >= 0.3 is 5.51 Å². The third-order valence-electron chi connectivity index (χ3n) is 4.29. The van der Waals surface area contributed by atoms with Gasteiger partial charge < -0.3 is 9.47 Å². The molecular formula is C15H16F4O4S. The first-order chi connectivity index (χ1) is 10.9. The van der Waals surface area contributed by atoms with Crippen molar-refractivity contribution in [1.82, 2.24) is 0 Å². The van der Waals surface area contributed by atoms with Gasteiger partial charge in [-0.25, -0.2) is 12.8 Å². The van der Waals surface area contributed by atoms with Crippen LogP contribution in [0.3, 0.4) is 0 Å². The highest BCUT2D eigenvalue weighted by molar-refractivity contribution is 7.92. The number of halogens is 4. The lowest BCUT2D eigenvalue weighted by atomic mass is 9.93. The highest BCUT2D eigenvalue weighted by atomic mass is 32.2. The van der Waals surface area contributed by atoms with E-state index in [1.54, 1.807) is 0 Å². The number of hydrogen-bond donors (Lipinski definition) is 0. The van der Waals surface area contributed by atoms with E-state index >= 15 is 0 Å². The van der Waals surface area contributed by atoms with Crippen molar-refractivity contribution in [2.24, 2.45) is 5.41 Å². The van der Waals surface area contributed by atoms with Crippen molar-refractivity contribution in [2.75, 3.05) is 13.2 Å². The van der Waals surface area contributed by atoms with Crippen molar-refractivity contribution >= 4 is 9.84 Å². The molecule has 0 N–H and O–H groups in total. The molecule has 0 unspecified atom stereocenters. The summed E-state index contributed by atoms with van der Waals surface area (Å²) < 4.78 is 88.2. The number of alkyl halides is 3. The number of rotatable bonds is 1. The minimum Gasteiger partial charge on any atom is -0.345 e. The molecule has 1 heterocycles. The summed E-state index contributed by atoms with van der Waals surface area (Å²) >= 11 is 0. The van der Waals surface area contributed by atoms with Gasteiger partial charge in [-0.3, -0.25) is 0 Å². The zero-order valence-corrected chi connectivity index (χ0v) is 13.9. The van der Waals surface area contributed by atoms with Gasteiger partial charge in [0.1, 0.15) is 5.82 Å². The zero-order valence-electron chi connectivity index (χ0n) is 13.0. The Kier molecular flexibility index (Phi) is 3.79. The Balaban J connectivity index is 2.19. The third-order valence-corrected chi connectivity index (χ3v) is 5.82. The third kappa shape index (κ3) is 2.53. The lowest BCUT2D eigenvalue weighted by molar-refractivity contribution is -0.307. The molecule has 1 spiro atoms. The molecule has 9 heteroatoms. The lowest BCUT2D eigenvalue weighted by Crippen LogP contribution is -2.45. The van der Waals surface area contributed by atoms with E-state index in [1.807, 2.05) is 13.8 Å². The second-order valence-electron chi connectivity index (χ2n) is 6.84. The van der Waals surface area contributed by atoms with Crippen molar-refractivity contribution in [1.29, 1.82) is 0 Å². The summed E-state index contributed by atoms with van der Waals surface area (Å²) in [4.78, 5) is -0.997. The summed E-state index contributed by atoms with van der Waals surface area (Å²) in [5.41, 5.74) is -6.31. The van der Waals surface area contributed by atoms with Gasteiger partial charge in [-0.15, -0.1) is 0 Å². The number of sulfone groups is 1. The van der Waals surface area contributed by atoms with Crippen LogP contribution in [-0.2, 0) is 31.5 Å². The van der Waals surface area contributed by atoms with Crippen LogP contribution in [0.1, 0.15) is 31.4 Å². The Bertz CT molecular complexity index is 773. The summed E-state index contributed by atoms with van der Waals surface area (Å²) in [5.74, 6) is -2.42. The molecule has 0 amide bonds. The van der Waals surface area contributed by atoms with Crippen molar-refractivity contribution in [3.05, 3.63) is 29.1 Å². The fourth-order valence-electron chi connectivity index (χ4n) is 3.02. The summed E-state index contributed by atoms with van der Waals surface area (Å²) in [5, 5.41) is 0. The van der Waals surface area contributed by atoms with Crippen molar-refractivity contribution in [2.45, 2.75) is 42.9 Å². The molecule has 24 heavy (non-hydrogen) atoms. The maximum absolute atomic E-state index is 14.1. The first-order valence-electron chi connectivity index (χ1n) is 7.31. The predicted molar refractivity (Wildman–Crippen MR) is 75.3 cm³/mol. The van der Waals surface area contributed by atoms with Crippen LogP contribution in [0, 0.1) is 11.2 Å². The molecule has 0 saturated carbocycles. The van der Waals surface area contributed by atoms with Crippen LogP contribution in [0.25, 0.3) is 0 Å². The molecule has 1 fully saturated rings. The van der Waals surface area contributed by atoms with Gasteiger partial charge in [-0.05, 0) is 24.1 Å². The SMILES string of the molecule is CC1(C)COC2(CCc3c(F)ccc(S(=O)(=O)C(F)(F)F)c32)OC1. The summed E-state index contributed by atoms with van der Waals surface area (Å²) in [6, 6.07) is 1.37. The molecule has 134 valence electrons. The average molecular weight is 368 g/mol. The average Bonchev–Trinajstić information content (AvgIpc) is 2.82. The van der Waals surface area contributed by atoms with Gasteiger partial charge in [-0.1, -0.05) is 13.8 Å². The van der Waals surface area contributed by atoms with E-state index < -0.39 is 31.8 Å². The molecule has 4 nitrogen and oxygen atoms in total. The molecule has 0 aromatic heterocycles. The molecule has 1 aromatic carbocycles. The Hall–Kier alpha value is -1.19. The van der Waals surface area contributed by atoms with E-state index in [9.17, 15) is 26.0 Å². The largest absolute Gasteiger partial charge is 0.501 e. The van der Waals surface area contributed by atoms with Gasteiger partial charge in [-0.2, -0.15) is 13.2 Å². The van der Waals surface area contributed by atoms with Crippen LogP contribution in [0.5, 0.6) is 0 Å². The molecule has 1 aromatic rings. The number of ether oxygens (including phenoxy) is 2. The molecule has 0 bridgehead atoms. The van der Waals surface area contributed by atoms with E-state index in [2.05, 4.69) is 0 Å². The first kappa shape index (κ1) is 17.6. The fraction of sp³-hybridized carbons (Fsp3) is 0.600. The van der Waals surface area contributed by atoms with E-state index in [0.717, 1.165) is 6.07 Å². The summed E-state index contributed by atoms with van der Waals surface area (Å²) in [6.45, 7) is 4.01. The van der Waals surface area contributed by atoms with Gasteiger partial charge in [0.05, 0.1) is 18.1 Å². The van der Waals surface area contributed by atoms with Crippen LogP contribution in [0.15, 0.2) is 17.0 Å². The number of benzene rings is 1. The van der Waals surface area contributed by atoms with Gasteiger partial charge in [0.25, 0.3) is 9.84 Å². The molecule has 1 aliphatic heterocycles. The Morgan fingerprint density at radius 1 is 1.12 bits per heavy atom. The highest BCUT2D eigenvalue weighted by Crippen LogP contribution is 2.50. The van der Waals surface area contributed by atoms with Crippen LogP contribution in [-0.4, -0.2) is 27.1 Å². The Labute approximate surface area is 136 Å². The highest BCUT2D eigenvalue weighted by Gasteiger charge is 2.55. The minimum atomic E-state index is -5.65. The van der Waals surface area contributed by atoms with E-state index in [0.29, 0.717) is 6.07 Å². The van der Waals surface area contributed by atoms with Gasteiger partial charge in [0.2, 0.25) is 0 Å². The Morgan fingerprint density at radius 2 is 1.71 bits per heavy atom.